The number of rotatable bonds is 3. The second-order valence-corrected chi connectivity index (χ2v) is 5.30. The molecule has 0 spiro atoms. The molecule has 2 amide bonds. The van der Waals surface area contributed by atoms with Crippen LogP contribution in [0.25, 0.3) is 0 Å². The predicted octanol–water partition coefficient (Wildman–Crippen LogP) is 1.62. The Balaban J connectivity index is 1.78. The maximum Gasteiger partial charge on any atom is 0.271 e. The van der Waals surface area contributed by atoms with Crippen LogP contribution in [0.15, 0.2) is 48.8 Å². The van der Waals surface area contributed by atoms with Crippen LogP contribution in [0.5, 0.6) is 5.75 Å². The summed E-state index contributed by atoms with van der Waals surface area (Å²) in [6, 6.07) is 9.08. The van der Waals surface area contributed by atoms with Gasteiger partial charge < -0.3 is 5.11 Å². The number of alkyl halides is 1. The summed E-state index contributed by atoms with van der Waals surface area (Å²) < 4.78 is 0. The van der Waals surface area contributed by atoms with E-state index in [1.165, 1.54) is 23.3 Å². The standard InChI is InChI=1S/C15H12ClN3O3/c16-12-13(9-3-5-11(20)6-4-9)19(15(12)22)18-14(21)10-2-1-7-17-8-10/h1-8,12-13,20H,(H,18,21)/t12-,13-/m0/s1. The molecule has 3 rings (SSSR count). The average molecular weight is 318 g/mol. The summed E-state index contributed by atoms with van der Waals surface area (Å²) in [5.41, 5.74) is 3.60. The number of hydrogen-bond donors (Lipinski definition) is 2. The molecule has 0 radical (unpaired) electrons. The molecule has 0 aliphatic carbocycles. The van der Waals surface area contributed by atoms with Crippen LogP contribution in [-0.4, -0.2) is 32.3 Å². The third-order valence-electron chi connectivity index (χ3n) is 3.41. The zero-order valence-corrected chi connectivity index (χ0v) is 12.1. The van der Waals surface area contributed by atoms with Gasteiger partial charge in [0.2, 0.25) is 0 Å². The molecule has 1 fully saturated rings. The molecule has 1 aliphatic rings. The maximum absolute atomic E-state index is 12.1. The molecule has 2 atom stereocenters. The number of nitrogens with zero attached hydrogens (tertiary/aromatic N) is 2. The number of hydrazine groups is 1. The first kappa shape index (κ1) is 14.3. The summed E-state index contributed by atoms with van der Waals surface area (Å²) in [7, 11) is 0. The topological polar surface area (TPSA) is 82.5 Å². The largest absolute Gasteiger partial charge is 0.508 e. The maximum atomic E-state index is 12.1. The van der Waals surface area contributed by atoms with E-state index < -0.39 is 17.3 Å². The molecule has 112 valence electrons. The van der Waals surface area contributed by atoms with E-state index in [4.69, 9.17) is 11.6 Å². The van der Waals surface area contributed by atoms with Crippen molar-refractivity contribution < 1.29 is 14.7 Å². The lowest BCUT2D eigenvalue weighted by Crippen LogP contribution is -2.63. The summed E-state index contributed by atoms with van der Waals surface area (Å²) in [4.78, 5) is 27.9. The lowest BCUT2D eigenvalue weighted by atomic mass is 9.95. The molecule has 2 aromatic rings. The van der Waals surface area contributed by atoms with Crippen molar-refractivity contribution in [1.82, 2.24) is 15.4 Å². The van der Waals surface area contributed by atoms with Gasteiger partial charge in [0.1, 0.15) is 17.2 Å². The van der Waals surface area contributed by atoms with E-state index in [2.05, 4.69) is 10.4 Å². The van der Waals surface area contributed by atoms with Crippen LogP contribution in [-0.2, 0) is 4.79 Å². The third-order valence-corrected chi connectivity index (χ3v) is 3.83. The van der Waals surface area contributed by atoms with Gasteiger partial charge in [-0.3, -0.25) is 20.0 Å². The molecular weight excluding hydrogens is 306 g/mol. The summed E-state index contributed by atoms with van der Waals surface area (Å²) in [6.45, 7) is 0. The van der Waals surface area contributed by atoms with E-state index in [-0.39, 0.29) is 11.7 Å². The van der Waals surface area contributed by atoms with E-state index in [1.807, 2.05) is 0 Å². The molecule has 0 bridgehead atoms. The van der Waals surface area contributed by atoms with Gasteiger partial charge in [0.05, 0.1) is 5.56 Å². The highest BCUT2D eigenvalue weighted by molar-refractivity contribution is 6.33. The quantitative estimate of drug-likeness (QED) is 0.666. The van der Waals surface area contributed by atoms with Crippen LogP contribution in [0.1, 0.15) is 22.0 Å². The fraction of sp³-hybridized carbons (Fsp3) is 0.133. The summed E-state index contributed by atoms with van der Waals surface area (Å²) >= 11 is 6.05. The molecule has 1 saturated heterocycles. The van der Waals surface area contributed by atoms with Crippen LogP contribution >= 0.6 is 11.6 Å². The van der Waals surface area contributed by atoms with E-state index in [1.54, 1.807) is 30.5 Å². The second-order valence-electron chi connectivity index (χ2n) is 4.83. The Kier molecular flexibility index (Phi) is 3.68. The van der Waals surface area contributed by atoms with E-state index in [9.17, 15) is 14.7 Å². The van der Waals surface area contributed by atoms with E-state index in [0.29, 0.717) is 5.56 Å². The number of benzene rings is 1. The summed E-state index contributed by atoms with van der Waals surface area (Å²) in [6.07, 6.45) is 2.97. The molecule has 2 N–H and O–H groups in total. The fourth-order valence-corrected chi connectivity index (χ4v) is 2.60. The van der Waals surface area contributed by atoms with E-state index >= 15 is 0 Å². The number of hydrogen-bond acceptors (Lipinski definition) is 4. The first-order chi connectivity index (χ1) is 10.6. The van der Waals surface area contributed by atoms with Crippen molar-refractivity contribution in [3.63, 3.8) is 0 Å². The molecule has 2 heterocycles. The highest BCUT2D eigenvalue weighted by Crippen LogP contribution is 2.37. The van der Waals surface area contributed by atoms with Crippen LogP contribution in [0.2, 0.25) is 0 Å². The zero-order chi connectivity index (χ0) is 15.7. The molecule has 0 saturated carbocycles. The smallest absolute Gasteiger partial charge is 0.271 e. The molecule has 1 aliphatic heterocycles. The number of carbonyl (C=O) groups excluding carboxylic acids is 2. The van der Waals surface area contributed by atoms with Crippen molar-refractivity contribution in [1.29, 1.82) is 0 Å². The number of aromatic hydroxyl groups is 1. The Labute approximate surface area is 131 Å². The van der Waals surface area contributed by atoms with E-state index in [0.717, 1.165) is 5.56 Å². The number of halogens is 1. The van der Waals surface area contributed by atoms with Crippen molar-refractivity contribution in [3.8, 4) is 5.75 Å². The lowest BCUT2D eigenvalue weighted by molar-refractivity contribution is -0.149. The first-order valence-electron chi connectivity index (χ1n) is 6.55. The van der Waals surface area contributed by atoms with Gasteiger partial charge in [0.15, 0.2) is 0 Å². The van der Waals surface area contributed by atoms with Crippen molar-refractivity contribution in [3.05, 3.63) is 59.9 Å². The van der Waals surface area contributed by atoms with Crippen LogP contribution in [0.4, 0.5) is 0 Å². The Morgan fingerprint density at radius 3 is 2.64 bits per heavy atom. The third kappa shape index (κ3) is 2.48. The number of amides is 2. The molecule has 1 aromatic heterocycles. The molecule has 7 heteroatoms. The molecular formula is C15H12ClN3O3. The summed E-state index contributed by atoms with van der Waals surface area (Å²) in [5, 5.41) is 9.76. The average Bonchev–Trinajstić information content (AvgIpc) is 2.56. The van der Waals surface area contributed by atoms with Gasteiger partial charge in [-0.2, -0.15) is 0 Å². The Morgan fingerprint density at radius 1 is 1.27 bits per heavy atom. The minimum absolute atomic E-state index is 0.117. The fourth-order valence-electron chi connectivity index (χ4n) is 2.24. The van der Waals surface area contributed by atoms with Gasteiger partial charge in [-0.15, -0.1) is 11.6 Å². The van der Waals surface area contributed by atoms with Crippen molar-refractivity contribution in [2.24, 2.45) is 0 Å². The highest BCUT2D eigenvalue weighted by atomic mass is 35.5. The Morgan fingerprint density at radius 2 is 2.00 bits per heavy atom. The van der Waals surface area contributed by atoms with Gasteiger partial charge in [-0.1, -0.05) is 12.1 Å². The highest BCUT2D eigenvalue weighted by Gasteiger charge is 2.48. The monoisotopic (exact) mass is 317 g/mol. The Hall–Kier alpha value is -2.60. The van der Waals surface area contributed by atoms with Crippen LogP contribution < -0.4 is 5.43 Å². The number of pyridine rings is 1. The predicted molar refractivity (Wildman–Crippen MR) is 79.0 cm³/mol. The molecule has 22 heavy (non-hydrogen) atoms. The first-order valence-corrected chi connectivity index (χ1v) is 6.98. The van der Waals surface area contributed by atoms with Gasteiger partial charge in [0, 0.05) is 12.4 Å². The number of aromatic nitrogens is 1. The minimum Gasteiger partial charge on any atom is -0.508 e. The van der Waals surface area contributed by atoms with Crippen molar-refractivity contribution in [2.75, 3.05) is 0 Å². The number of β-lactam (4-membered cyclic amide) rings is 1. The zero-order valence-electron chi connectivity index (χ0n) is 11.3. The van der Waals surface area contributed by atoms with Crippen molar-refractivity contribution in [2.45, 2.75) is 11.4 Å². The number of phenolic OH excluding ortho intramolecular Hbond substituents is 1. The molecule has 6 nitrogen and oxygen atoms in total. The SMILES string of the molecule is O=C(NN1C(=O)[C@@H](Cl)[C@@H]1c1ccc(O)cc1)c1cccnc1. The van der Waals surface area contributed by atoms with Gasteiger partial charge in [0.25, 0.3) is 11.8 Å². The molecule has 0 unspecified atom stereocenters. The van der Waals surface area contributed by atoms with Gasteiger partial charge in [-0.25, -0.2) is 5.01 Å². The summed E-state index contributed by atoms with van der Waals surface area (Å²) in [5.74, 6) is -0.697. The van der Waals surface area contributed by atoms with Crippen molar-refractivity contribution >= 4 is 23.4 Å². The molecule has 1 aromatic carbocycles. The van der Waals surface area contributed by atoms with Gasteiger partial charge in [-0.05, 0) is 29.8 Å². The second kappa shape index (κ2) is 5.65. The van der Waals surface area contributed by atoms with Crippen LogP contribution in [0.3, 0.4) is 0 Å². The normalized spacial score (nSPS) is 20.4. The lowest BCUT2D eigenvalue weighted by Gasteiger charge is -2.43. The number of nitrogens with one attached hydrogen (secondary N) is 1. The Bertz CT molecular complexity index is 706. The van der Waals surface area contributed by atoms with Crippen LogP contribution in [0, 0.1) is 0 Å². The van der Waals surface area contributed by atoms with Gasteiger partial charge >= 0.3 is 0 Å². The minimum atomic E-state index is -0.751. The number of carbonyl (C=O) groups is 2. The number of phenols is 1.